The molecule has 6 nitrogen and oxygen atoms in total. The molecule has 2 fully saturated rings. The van der Waals surface area contributed by atoms with Crippen molar-refractivity contribution in [3.63, 3.8) is 0 Å². The molecule has 1 atom stereocenters. The van der Waals surface area contributed by atoms with Crippen LogP contribution in [0.2, 0.25) is 0 Å². The van der Waals surface area contributed by atoms with E-state index in [0.717, 1.165) is 63.5 Å². The molecular formula is C22H34FN5O. The number of carbonyl (C=O) groups excluding carboxylic acids is 1. The number of halogens is 1. The standard InChI is InChI=1S/C22H34FN5O/c1-3-21(29)28-13-10-19(16-28)26-22(24-2)25-14-17-8-11-27(12-9-17)15-18-6-4-5-7-20(18)23/h4-7,17,19H,3,8-16H2,1-2H3,(H2,24,25,26). The molecule has 1 aromatic carbocycles. The molecule has 29 heavy (non-hydrogen) atoms. The first-order valence-electron chi connectivity index (χ1n) is 10.8. The maximum absolute atomic E-state index is 13.8. The van der Waals surface area contributed by atoms with E-state index in [2.05, 4.69) is 20.5 Å². The van der Waals surface area contributed by atoms with Crippen molar-refractivity contribution < 1.29 is 9.18 Å². The number of piperidine rings is 1. The fourth-order valence-electron chi connectivity index (χ4n) is 4.17. The number of amides is 1. The predicted molar refractivity (Wildman–Crippen MR) is 114 cm³/mol. The predicted octanol–water partition coefficient (Wildman–Crippen LogP) is 2.21. The highest BCUT2D eigenvalue weighted by molar-refractivity contribution is 5.80. The maximum atomic E-state index is 13.8. The van der Waals surface area contributed by atoms with Gasteiger partial charge in [-0.05, 0) is 44.3 Å². The Bertz CT molecular complexity index is 702. The molecule has 0 saturated carbocycles. The summed E-state index contributed by atoms with van der Waals surface area (Å²) < 4.78 is 13.8. The Morgan fingerprint density at radius 3 is 2.66 bits per heavy atom. The molecule has 0 spiro atoms. The molecule has 7 heteroatoms. The number of benzene rings is 1. The SMILES string of the molecule is CCC(=O)N1CCC(NC(=NC)NCC2CCN(Cc3ccccc3F)CC2)C1. The number of rotatable bonds is 6. The minimum absolute atomic E-state index is 0.114. The van der Waals surface area contributed by atoms with Crippen molar-refractivity contribution in [2.75, 3.05) is 39.8 Å². The molecule has 3 rings (SSSR count). The van der Waals surface area contributed by atoms with Crippen LogP contribution in [0.25, 0.3) is 0 Å². The lowest BCUT2D eigenvalue weighted by Gasteiger charge is -2.32. The van der Waals surface area contributed by atoms with Crippen molar-refractivity contribution >= 4 is 11.9 Å². The first-order chi connectivity index (χ1) is 14.1. The smallest absolute Gasteiger partial charge is 0.222 e. The van der Waals surface area contributed by atoms with Gasteiger partial charge >= 0.3 is 0 Å². The van der Waals surface area contributed by atoms with E-state index >= 15 is 0 Å². The van der Waals surface area contributed by atoms with E-state index in [-0.39, 0.29) is 17.8 Å². The van der Waals surface area contributed by atoms with Gasteiger partial charge in [-0.3, -0.25) is 14.7 Å². The molecule has 0 radical (unpaired) electrons. The maximum Gasteiger partial charge on any atom is 0.222 e. The number of carbonyl (C=O) groups is 1. The molecule has 1 unspecified atom stereocenters. The summed E-state index contributed by atoms with van der Waals surface area (Å²) in [4.78, 5) is 20.4. The summed E-state index contributed by atoms with van der Waals surface area (Å²) in [5.74, 6) is 1.51. The average Bonchev–Trinajstić information content (AvgIpc) is 3.21. The zero-order valence-corrected chi connectivity index (χ0v) is 17.7. The van der Waals surface area contributed by atoms with Crippen molar-refractivity contribution in [3.05, 3.63) is 35.6 Å². The third kappa shape index (κ3) is 6.16. The van der Waals surface area contributed by atoms with E-state index in [1.54, 1.807) is 13.1 Å². The van der Waals surface area contributed by atoms with Gasteiger partial charge in [-0.2, -0.15) is 0 Å². The van der Waals surface area contributed by atoms with Crippen molar-refractivity contribution in [1.82, 2.24) is 20.4 Å². The molecule has 2 saturated heterocycles. The van der Waals surface area contributed by atoms with Crippen molar-refractivity contribution in [1.29, 1.82) is 0 Å². The van der Waals surface area contributed by atoms with Crippen molar-refractivity contribution in [3.8, 4) is 0 Å². The van der Waals surface area contributed by atoms with Crippen molar-refractivity contribution in [2.45, 2.75) is 45.2 Å². The van der Waals surface area contributed by atoms with E-state index in [1.165, 1.54) is 6.07 Å². The Morgan fingerprint density at radius 1 is 1.21 bits per heavy atom. The van der Waals surface area contributed by atoms with Gasteiger partial charge in [0.2, 0.25) is 5.91 Å². The summed E-state index contributed by atoms with van der Waals surface area (Å²) >= 11 is 0. The van der Waals surface area contributed by atoms with E-state index < -0.39 is 0 Å². The summed E-state index contributed by atoms with van der Waals surface area (Å²) in [6, 6.07) is 7.31. The molecule has 0 aromatic heterocycles. The van der Waals surface area contributed by atoms with Crippen LogP contribution >= 0.6 is 0 Å². The molecule has 2 aliphatic rings. The molecule has 0 bridgehead atoms. The Kier molecular flexibility index (Phi) is 7.86. The lowest BCUT2D eigenvalue weighted by molar-refractivity contribution is -0.129. The van der Waals surface area contributed by atoms with Crippen LogP contribution in [0.1, 0.15) is 38.2 Å². The van der Waals surface area contributed by atoms with E-state index in [1.807, 2.05) is 24.0 Å². The topological polar surface area (TPSA) is 60.0 Å². The van der Waals surface area contributed by atoms with Crippen LogP contribution in [-0.4, -0.2) is 67.5 Å². The summed E-state index contributed by atoms with van der Waals surface area (Å²) in [5, 5.41) is 6.91. The van der Waals surface area contributed by atoms with Gasteiger partial charge in [0.05, 0.1) is 0 Å². The Balaban J connectivity index is 1.37. The van der Waals surface area contributed by atoms with Crippen LogP contribution in [0, 0.1) is 11.7 Å². The minimum atomic E-state index is -0.114. The number of nitrogens with zero attached hydrogens (tertiary/aromatic N) is 3. The third-order valence-corrected chi connectivity index (χ3v) is 6.02. The molecule has 0 aliphatic carbocycles. The first kappa shape index (κ1) is 21.6. The van der Waals surface area contributed by atoms with Crippen LogP contribution in [0.4, 0.5) is 4.39 Å². The second-order valence-electron chi connectivity index (χ2n) is 8.09. The monoisotopic (exact) mass is 403 g/mol. The molecule has 2 aliphatic heterocycles. The van der Waals surface area contributed by atoms with Crippen LogP contribution in [0.5, 0.6) is 0 Å². The Hall–Kier alpha value is -2.15. The quantitative estimate of drug-likeness (QED) is 0.565. The lowest BCUT2D eigenvalue weighted by Crippen LogP contribution is -2.47. The fraction of sp³-hybridized carbons (Fsp3) is 0.636. The zero-order valence-electron chi connectivity index (χ0n) is 17.7. The largest absolute Gasteiger partial charge is 0.356 e. The molecule has 160 valence electrons. The second kappa shape index (κ2) is 10.6. The van der Waals surface area contributed by atoms with Gasteiger partial charge in [0, 0.05) is 51.3 Å². The molecule has 1 aromatic rings. The van der Waals surface area contributed by atoms with Crippen LogP contribution in [-0.2, 0) is 11.3 Å². The van der Waals surface area contributed by atoms with Gasteiger partial charge in [0.25, 0.3) is 0 Å². The summed E-state index contributed by atoms with van der Waals surface area (Å²) in [7, 11) is 1.79. The van der Waals surface area contributed by atoms with Gasteiger partial charge in [0.1, 0.15) is 5.82 Å². The van der Waals surface area contributed by atoms with Gasteiger partial charge in [0.15, 0.2) is 5.96 Å². The number of aliphatic imine (C=N–C) groups is 1. The molecule has 2 N–H and O–H groups in total. The Labute approximate surface area is 173 Å². The average molecular weight is 404 g/mol. The van der Waals surface area contributed by atoms with E-state index in [9.17, 15) is 9.18 Å². The highest BCUT2D eigenvalue weighted by Gasteiger charge is 2.26. The minimum Gasteiger partial charge on any atom is -0.356 e. The highest BCUT2D eigenvalue weighted by atomic mass is 19.1. The normalized spacial score (nSPS) is 21.4. The van der Waals surface area contributed by atoms with E-state index in [4.69, 9.17) is 0 Å². The van der Waals surface area contributed by atoms with Crippen molar-refractivity contribution in [2.24, 2.45) is 10.9 Å². The van der Waals surface area contributed by atoms with E-state index in [0.29, 0.717) is 18.9 Å². The van der Waals surface area contributed by atoms with Crippen LogP contribution < -0.4 is 10.6 Å². The van der Waals surface area contributed by atoms with Crippen LogP contribution in [0.15, 0.2) is 29.3 Å². The summed E-state index contributed by atoms with van der Waals surface area (Å²) in [6.45, 7) is 7.03. The second-order valence-corrected chi connectivity index (χ2v) is 8.09. The van der Waals surface area contributed by atoms with Gasteiger partial charge in [-0.15, -0.1) is 0 Å². The number of likely N-dealkylation sites (tertiary alicyclic amines) is 2. The zero-order chi connectivity index (χ0) is 20.6. The van der Waals surface area contributed by atoms with Crippen LogP contribution in [0.3, 0.4) is 0 Å². The Morgan fingerprint density at radius 2 is 1.97 bits per heavy atom. The fourth-order valence-corrected chi connectivity index (χ4v) is 4.17. The number of hydrogen-bond donors (Lipinski definition) is 2. The number of nitrogens with one attached hydrogen (secondary N) is 2. The summed E-state index contributed by atoms with van der Waals surface area (Å²) in [5.41, 5.74) is 0.779. The van der Waals surface area contributed by atoms with Gasteiger partial charge in [-0.25, -0.2) is 4.39 Å². The lowest BCUT2D eigenvalue weighted by atomic mass is 9.96. The highest BCUT2D eigenvalue weighted by Crippen LogP contribution is 2.19. The molecule has 1 amide bonds. The number of guanidine groups is 1. The molecular weight excluding hydrogens is 369 g/mol. The number of hydrogen-bond acceptors (Lipinski definition) is 3. The third-order valence-electron chi connectivity index (χ3n) is 6.02. The molecule has 2 heterocycles. The summed E-state index contributed by atoms with van der Waals surface area (Å²) in [6.07, 6.45) is 3.72. The van der Waals surface area contributed by atoms with Gasteiger partial charge < -0.3 is 15.5 Å². The van der Waals surface area contributed by atoms with Gasteiger partial charge in [-0.1, -0.05) is 25.1 Å². The first-order valence-corrected chi connectivity index (χ1v) is 10.8.